The van der Waals surface area contributed by atoms with Crippen LogP contribution < -0.4 is 10.1 Å². The van der Waals surface area contributed by atoms with Crippen LogP contribution in [0.15, 0.2) is 97.3 Å². The molecule has 0 aliphatic rings. The van der Waals surface area contributed by atoms with E-state index in [9.17, 15) is 4.79 Å². The van der Waals surface area contributed by atoms with Crippen LogP contribution in [0.2, 0.25) is 0 Å². The number of benzene rings is 3. The third-order valence-electron chi connectivity index (χ3n) is 4.14. The van der Waals surface area contributed by atoms with Crippen LogP contribution in [0.25, 0.3) is 5.69 Å². The Labute approximate surface area is 163 Å². The van der Waals surface area contributed by atoms with Crippen molar-refractivity contribution in [1.82, 2.24) is 9.78 Å². The number of para-hydroxylation sites is 2. The van der Waals surface area contributed by atoms with Crippen LogP contribution in [0.3, 0.4) is 0 Å². The molecule has 1 aromatic heterocycles. The van der Waals surface area contributed by atoms with Gasteiger partial charge >= 0.3 is 0 Å². The van der Waals surface area contributed by atoms with Crippen molar-refractivity contribution >= 4 is 11.6 Å². The molecular formula is C23H19N3O2. The molecule has 4 rings (SSSR count). The number of nitrogens with zero attached hydrogens (tertiary/aromatic N) is 2. The van der Waals surface area contributed by atoms with E-state index in [1.54, 1.807) is 10.9 Å². The van der Waals surface area contributed by atoms with Gasteiger partial charge in [-0.1, -0.05) is 36.4 Å². The Balaban J connectivity index is 1.34. The van der Waals surface area contributed by atoms with Crippen molar-refractivity contribution in [2.75, 3.05) is 5.32 Å². The summed E-state index contributed by atoms with van der Waals surface area (Å²) in [5, 5.41) is 7.22. The fourth-order valence-corrected chi connectivity index (χ4v) is 2.79. The van der Waals surface area contributed by atoms with Gasteiger partial charge in [-0.3, -0.25) is 4.79 Å². The largest absolute Gasteiger partial charge is 0.457 e. The average molecular weight is 369 g/mol. The van der Waals surface area contributed by atoms with Crippen LogP contribution in [0, 0.1) is 0 Å². The predicted octanol–water partition coefficient (Wildman–Crippen LogP) is 4.85. The van der Waals surface area contributed by atoms with Crippen molar-refractivity contribution in [2.24, 2.45) is 0 Å². The molecule has 28 heavy (non-hydrogen) atoms. The maximum absolute atomic E-state index is 12.3. The Bertz CT molecular complexity index is 1040. The summed E-state index contributed by atoms with van der Waals surface area (Å²) in [6, 6.07) is 26.7. The number of rotatable bonds is 6. The molecule has 0 aliphatic carbocycles. The second-order valence-corrected chi connectivity index (χ2v) is 6.29. The lowest BCUT2D eigenvalue weighted by molar-refractivity contribution is -0.115. The van der Waals surface area contributed by atoms with Gasteiger partial charge in [0.25, 0.3) is 0 Å². The van der Waals surface area contributed by atoms with Crippen molar-refractivity contribution in [3.05, 3.63) is 103 Å². The monoisotopic (exact) mass is 369 g/mol. The van der Waals surface area contributed by atoms with Gasteiger partial charge in [-0.15, -0.1) is 0 Å². The first-order valence-electron chi connectivity index (χ1n) is 8.98. The molecule has 0 atom stereocenters. The second-order valence-electron chi connectivity index (χ2n) is 6.29. The van der Waals surface area contributed by atoms with Crippen LogP contribution in [-0.4, -0.2) is 15.7 Å². The molecule has 3 aromatic carbocycles. The standard InChI is InChI=1S/C23H19N3O2/c27-23(15-18-16-24-26(17-18)20-7-3-1-4-8-20)25-19-11-13-22(14-12-19)28-21-9-5-2-6-10-21/h1-14,16-17H,15H2,(H,25,27). The summed E-state index contributed by atoms with van der Waals surface area (Å²) in [5.41, 5.74) is 2.54. The summed E-state index contributed by atoms with van der Waals surface area (Å²) in [6.45, 7) is 0. The number of anilines is 1. The first kappa shape index (κ1) is 17.5. The normalized spacial score (nSPS) is 10.4. The van der Waals surface area contributed by atoms with E-state index < -0.39 is 0 Å². The minimum atomic E-state index is -0.0932. The van der Waals surface area contributed by atoms with E-state index in [2.05, 4.69) is 10.4 Å². The first-order chi connectivity index (χ1) is 13.8. The Morgan fingerprint density at radius 1 is 0.857 bits per heavy atom. The summed E-state index contributed by atoms with van der Waals surface area (Å²) in [7, 11) is 0. The molecule has 1 amide bonds. The molecule has 0 saturated carbocycles. The molecule has 5 heteroatoms. The third kappa shape index (κ3) is 4.45. The highest BCUT2D eigenvalue weighted by atomic mass is 16.5. The molecule has 0 aliphatic heterocycles. The van der Waals surface area contributed by atoms with Crippen LogP contribution >= 0.6 is 0 Å². The molecule has 1 heterocycles. The van der Waals surface area contributed by atoms with Gasteiger partial charge in [0.2, 0.25) is 5.91 Å². The van der Waals surface area contributed by atoms with E-state index in [0.29, 0.717) is 5.75 Å². The summed E-state index contributed by atoms with van der Waals surface area (Å²) in [4.78, 5) is 12.3. The highest BCUT2D eigenvalue weighted by Crippen LogP contribution is 2.22. The van der Waals surface area contributed by atoms with Crippen LogP contribution in [0.5, 0.6) is 11.5 Å². The van der Waals surface area contributed by atoms with E-state index >= 15 is 0 Å². The number of carbonyl (C=O) groups is 1. The number of hydrogen-bond acceptors (Lipinski definition) is 3. The molecule has 0 fully saturated rings. The molecule has 0 bridgehead atoms. The van der Waals surface area contributed by atoms with E-state index in [-0.39, 0.29) is 12.3 Å². The number of aromatic nitrogens is 2. The lowest BCUT2D eigenvalue weighted by Gasteiger charge is -2.08. The van der Waals surface area contributed by atoms with Crippen LogP contribution in [0.4, 0.5) is 5.69 Å². The Morgan fingerprint density at radius 2 is 1.50 bits per heavy atom. The highest BCUT2D eigenvalue weighted by Gasteiger charge is 2.08. The van der Waals surface area contributed by atoms with Gasteiger partial charge in [-0.2, -0.15) is 5.10 Å². The van der Waals surface area contributed by atoms with Gasteiger partial charge < -0.3 is 10.1 Å². The smallest absolute Gasteiger partial charge is 0.228 e. The zero-order valence-electron chi connectivity index (χ0n) is 15.2. The Kier molecular flexibility index (Phi) is 5.15. The summed E-state index contributed by atoms with van der Waals surface area (Å²) >= 11 is 0. The molecule has 4 aromatic rings. The first-order valence-corrected chi connectivity index (χ1v) is 8.98. The summed E-state index contributed by atoms with van der Waals surface area (Å²) in [6.07, 6.45) is 3.84. The molecule has 0 saturated heterocycles. The number of hydrogen-bond donors (Lipinski definition) is 1. The SMILES string of the molecule is O=C(Cc1cnn(-c2ccccc2)c1)Nc1ccc(Oc2ccccc2)cc1. The van der Waals surface area contributed by atoms with Gasteiger partial charge in [-0.05, 0) is 54.1 Å². The van der Waals surface area contributed by atoms with E-state index in [4.69, 9.17) is 4.74 Å². The quantitative estimate of drug-likeness (QED) is 0.529. The van der Waals surface area contributed by atoms with E-state index in [1.165, 1.54) is 0 Å². The van der Waals surface area contributed by atoms with Gasteiger partial charge in [0.05, 0.1) is 18.3 Å². The van der Waals surface area contributed by atoms with Crippen molar-refractivity contribution < 1.29 is 9.53 Å². The van der Waals surface area contributed by atoms with Crippen molar-refractivity contribution in [3.8, 4) is 17.2 Å². The number of nitrogens with one attached hydrogen (secondary N) is 1. The van der Waals surface area contributed by atoms with Crippen LogP contribution in [-0.2, 0) is 11.2 Å². The third-order valence-corrected chi connectivity index (χ3v) is 4.14. The topological polar surface area (TPSA) is 56.2 Å². The van der Waals surface area contributed by atoms with Crippen LogP contribution in [0.1, 0.15) is 5.56 Å². The minimum absolute atomic E-state index is 0.0932. The highest BCUT2D eigenvalue weighted by molar-refractivity contribution is 5.92. The van der Waals surface area contributed by atoms with E-state index in [0.717, 1.165) is 22.7 Å². The molecular weight excluding hydrogens is 350 g/mol. The van der Waals surface area contributed by atoms with Crippen molar-refractivity contribution in [2.45, 2.75) is 6.42 Å². The van der Waals surface area contributed by atoms with Crippen molar-refractivity contribution in [1.29, 1.82) is 0 Å². The molecule has 0 radical (unpaired) electrons. The molecule has 5 nitrogen and oxygen atoms in total. The number of carbonyl (C=O) groups excluding carboxylic acids is 1. The predicted molar refractivity (Wildman–Crippen MR) is 109 cm³/mol. The van der Waals surface area contributed by atoms with Gasteiger partial charge in [-0.25, -0.2) is 4.68 Å². The van der Waals surface area contributed by atoms with Gasteiger partial charge in [0.1, 0.15) is 11.5 Å². The summed E-state index contributed by atoms with van der Waals surface area (Å²) < 4.78 is 7.52. The van der Waals surface area contributed by atoms with Gasteiger partial charge in [0.15, 0.2) is 0 Å². The zero-order valence-corrected chi connectivity index (χ0v) is 15.2. The maximum atomic E-state index is 12.3. The fraction of sp³-hybridized carbons (Fsp3) is 0.0435. The fourth-order valence-electron chi connectivity index (χ4n) is 2.79. The maximum Gasteiger partial charge on any atom is 0.228 e. The average Bonchev–Trinajstić information content (AvgIpc) is 3.19. The summed E-state index contributed by atoms with van der Waals surface area (Å²) in [5.74, 6) is 1.40. The zero-order chi connectivity index (χ0) is 19.2. The minimum Gasteiger partial charge on any atom is -0.457 e. The second kappa shape index (κ2) is 8.22. The number of amides is 1. The lowest BCUT2D eigenvalue weighted by Crippen LogP contribution is -2.13. The van der Waals surface area contributed by atoms with Gasteiger partial charge in [0, 0.05) is 11.9 Å². The van der Waals surface area contributed by atoms with Crippen molar-refractivity contribution in [3.63, 3.8) is 0 Å². The molecule has 0 spiro atoms. The number of ether oxygens (including phenoxy) is 1. The molecule has 1 N–H and O–H groups in total. The van der Waals surface area contributed by atoms with E-state index in [1.807, 2.05) is 91.1 Å². The Morgan fingerprint density at radius 3 is 2.21 bits per heavy atom. The lowest BCUT2D eigenvalue weighted by atomic mass is 10.2. The Hall–Kier alpha value is -3.86. The molecule has 138 valence electrons. The molecule has 0 unspecified atom stereocenters.